The van der Waals surface area contributed by atoms with Crippen LogP contribution in [0.25, 0.3) is 0 Å². The molecule has 2 aromatic rings. The quantitative estimate of drug-likeness (QED) is 0.466. The van der Waals surface area contributed by atoms with E-state index in [0.29, 0.717) is 23.7 Å². The molecule has 2 aromatic carbocycles. The number of nitro groups is 1. The van der Waals surface area contributed by atoms with Gasteiger partial charge in [-0.2, -0.15) is 0 Å². The summed E-state index contributed by atoms with van der Waals surface area (Å²) in [7, 11) is 1.44. The van der Waals surface area contributed by atoms with E-state index in [1.807, 2.05) is 6.92 Å². The molecular weight excluding hydrogens is 404 g/mol. The van der Waals surface area contributed by atoms with Gasteiger partial charge in [0, 0.05) is 11.6 Å². The number of amides is 1. The van der Waals surface area contributed by atoms with Crippen molar-refractivity contribution in [3.05, 3.63) is 62.7 Å². The molecule has 0 radical (unpaired) electrons. The van der Waals surface area contributed by atoms with Crippen LogP contribution in [0.5, 0.6) is 11.5 Å². The Morgan fingerprint density at radius 1 is 1.24 bits per heavy atom. The molecule has 10 heteroatoms. The number of methoxy groups -OCH3 is 1. The summed E-state index contributed by atoms with van der Waals surface area (Å²) in [6, 6.07) is 7.50. The number of nitro benzene ring substituents is 1. The molecule has 1 unspecified atom stereocenters. The van der Waals surface area contributed by atoms with Crippen LogP contribution in [0.15, 0.2) is 36.4 Å². The zero-order valence-electron chi connectivity index (χ0n) is 15.7. The largest absolute Gasteiger partial charge is 0.493 e. The number of carbonyl (C=O) groups excluding carboxylic acids is 1. The lowest BCUT2D eigenvalue weighted by Crippen LogP contribution is -2.30. The maximum absolute atomic E-state index is 12.6. The molecule has 0 fully saturated rings. The molecule has 0 heterocycles. The van der Waals surface area contributed by atoms with Gasteiger partial charge in [0.05, 0.1) is 31.1 Å². The number of ether oxygens (including phenoxy) is 2. The topological polar surface area (TPSA) is 128 Å². The summed E-state index contributed by atoms with van der Waals surface area (Å²) in [5.41, 5.74) is 0.0377. The number of carbonyl (C=O) groups is 2. The Balaban J connectivity index is 2.34. The van der Waals surface area contributed by atoms with E-state index in [9.17, 15) is 24.8 Å². The first-order valence-electron chi connectivity index (χ1n) is 8.54. The van der Waals surface area contributed by atoms with Crippen LogP contribution in [0.4, 0.5) is 5.69 Å². The molecule has 0 saturated carbocycles. The van der Waals surface area contributed by atoms with Crippen LogP contribution < -0.4 is 14.8 Å². The van der Waals surface area contributed by atoms with Crippen LogP contribution in [0.2, 0.25) is 5.02 Å². The van der Waals surface area contributed by atoms with Crippen molar-refractivity contribution in [2.75, 3.05) is 13.7 Å². The molecule has 29 heavy (non-hydrogen) atoms. The van der Waals surface area contributed by atoms with E-state index < -0.39 is 34.9 Å². The average Bonchev–Trinajstić information content (AvgIpc) is 2.67. The Kier molecular flexibility index (Phi) is 7.38. The van der Waals surface area contributed by atoms with Crippen LogP contribution in [-0.4, -0.2) is 35.6 Å². The van der Waals surface area contributed by atoms with Crippen LogP contribution in [0, 0.1) is 10.1 Å². The molecular formula is C19H19ClN2O7. The lowest BCUT2D eigenvalue weighted by molar-refractivity contribution is -0.384. The zero-order valence-corrected chi connectivity index (χ0v) is 16.4. The van der Waals surface area contributed by atoms with Gasteiger partial charge in [0.25, 0.3) is 11.6 Å². The molecule has 0 spiro atoms. The fourth-order valence-corrected chi connectivity index (χ4v) is 2.82. The SMILES string of the molecule is CCOc1ccc(C(CC(=O)O)NC(=O)c2ccc(Cl)c([N+](=O)[O-])c2)cc1OC. The van der Waals surface area contributed by atoms with Gasteiger partial charge in [0.1, 0.15) is 5.02 Å². The summed E-state index contributed by atoms with van der Waals surface area (Å²) in [6.45, 7) is 2.23. The Labute approximate surface area is 171 Å². The zero-order chi connectivity index (χ0) is 21.6. The minimum absolute atomic E-state index is 0.0191. The van der Waals surface area contributed by atoms with E-state index in [4.69, 9.17) is 21.1 Å². The summed E-state index contributed by atoms with van der Waals surface area (Å²) in [5, 5.41) is 22.7. The lowest BCUT2D eigenvalue weighted by atomic mass is 10.0. The van der Waals surface area contributed by atoms with Crippen molar-refractivity contribution in [3.8, 4) is 11.5 Å². The van der Waals surface area contributed by atoms with Crippen molar-refractivity contribution in [2.45, 2.75) is 19.4 Å². The normalized spacial score (nSPS) is 11.4. The summed E-state index contributed by atoms with van der Waals surface area (Å²) in [5.74, 6) is -0.947. The van der Waals surface area contributed by atoms with E-state index in [2.05, 4.69) is 5.32 Å². The highest BCUT2D eigenvalue weighted by molar-refractivity contribution is 6.32. The fraction of sp³-hybridized carbons (Fsp3) is 0.263. The van der Waals surface area contributed by atoms with Crippen LogP contribution in [0.3, 0.4) is 0 Å². The molecule has 154 valence electrons. The van der Waals surface area contributed by atoms with Gasteiger partial charge in [-0.25, -0.2) is 0 Å². The molecule has 2 N–H and O–H groups in total. The Hall–Kier alpha value is -3.33. The highest BCUT2D eigenvalue weighted by atomic mass is 35.5. The second-order valence-corrected chi connectivity index (χ2v) is 6.30. The first-order chi connectivity index (χ1) is 13.8. The molecule has 1 atom stereocenters. The molecule has 0 aliphatic carbocycles. The highest BCUT2D eigenvalue weighted by Gasteiger charge is 2.22. The number of benzene rings is 2. The molecule has 0 bridgehead atoms. The first kappa shape index (κ1) is 22.0. The third-order valence-corrected chi connectivity index (χ3v) is 4.30. The van der Waals surface area contributed by atoms with Gasteiger partial charge in [0.2, 0.25) is 0 Å². The van der Waals surface area contributed by atoms with Crippen molar-refractivity contribution in [1.82, 2.24) is 5.32 Å². The molecule has 0 aliphatic rings. The Morgan fingerprint density at radius 2 is 1.97 bits per heavy atom. The van der Waals surface area contributed by atoms with E-state index in [-0.39, 0.29) is 10.6 Å². The predicted molar refractivity (Wildman–Crippen MR) is 105 cm³/mol. The average molecular weight is 423 g/mol. The van der Waals surface area contributed by atoms with E-state index in [1.54, 1.807) is 18.2 Å². The maximum Gasteiger partial charge on any atom is 0.305 e. The van der Waals surface area contributed by atoms with Gasteiger partial charge in [0.15, 0.2) is 11.5 Å². The molecule has 0 aliphatic heterocycles. The summed E-state index contributed by atoms with van der Waals surface area (Å²) < 4.78 is 10.7. The van der Waals surface area contributed by atoms with Crippen molar-refractivity contribution in [3.63, 3.8) is 0 Å². The van der Waals surface area contributed by atoms with Gasteiger partial charge in [-0.15, -0.1) is 0 Å². The van der Waals surface area contributed by atoms with Crippen molar-refractivity contribution in [1.29, 1.82) is 0 Å². The Bertz CT molecular complexity index is 933. The standard InChI is InChI=1S/C19H19ClN2O7/c1-3-29-16-7-5-11(9-17(16)28-2)14(10-18(23)24)21-19(25)12-4-6-13(20)15(8-12)22(26)27/h4-9,14H,3,10H2,1-2H3,(H,21,25)(H,23,24). The van der Waals surface area contributed by atoms with E-state index >= 15 is 0 Å². The van der Waals surface area contributed by atoms with Gasteiger partial charge >= 0.3 is 5.97 Å². The first-order valence-corrected chi connectivity index (χ1v) is 8.92. The number of nitrogens with zero attached hydrogens (tertiary/aromatic N) is 1. The van der Waals surface area contributed by atoms with Crippen molar-refractivity contribution in [2.24, 2.45) is 0 Å². The van der Waals surface area contributed by atoms with Gasteiger partial charge < -0.3 is 19.9 Å². The van der Waals surface area contributed by atoms with E-state index in [0.717, 1.165) is 6.07 Å². The molecule has 0 saturated heterocycles. The minimum Gasteiger partial charge on any atom is -0.493 e. The van der Waals surface area contributed by atoms with Gasteiger partial charge in [-0.1, -0.05) is 17.7 Å². The van der Waals surface area contributed by atoms with E-state index in [1.165, 1.54) is 19.2 Å². The maximum atomic E-state index is 12.6. The number of carboxylic acids is 1. The number of aliphatic carboxylic acids is 1. The van der Waals surface area contributed by atoms with Crippen molar-refractivity contribution >= 4 is 29.2 Å². The fourth-order valence-electron chi connectivity index (χ4n) is 2.64. The third-order valence-electron chi connectivity index (χ3n) is 3.98. The van der Waals surface area contributed by atoms with Gasteiger partial charge in [-0.3, -0.25) is 19.7 Å². The number of carboxylic acid groups (broad SMARTS) is 1. The lowest BCUT2D eigenvalue weighted by Gasteiger charge is -2.19. The smallest absolute Gasteiger partial charge is 0.305 e. The molecule has 0 aromatic heterocycles. The third kappa shape index (κ3) is 5.58. The number of rotatable bonds is 9. The monoisotopic (exact) mass is 422 g/mol. The highest BCUT2D eigenvalue weighted by Crippen LogP contribution is 2.32. The minimum atomic E-state index is -1.13. The molecule has 1 amide bonds. The summed E-state index contributed by atoms with van der Waals surface area (Å²) in [6.07, 6.45) is -0.404. The molecule has 9 nitrogen and oxygen atoms in total. The predicted octanol–water partition coefficient (Wildman–Crippen LogP) is 3.60. The summed E-state index contributed by atoms with van der Waals surface area (Å²) in [4.78, 5) is 34.2. The summed E-state index contributed by atoms with van der Waals surface area (Å²) >= 11 is 5.76. The number of nitrogens with one attached hydrogen (secondary N) is 1. The second-order valence-electron chi connectivity index (χ2n) is 5.89. The number of hydrogen-bond donors (Lipinski definition) is 2. The van der Waals surface area contributed by atoms with Crippen LogP contribution in [-0.2, 0) is 4.79 Å². The van der Waals surface area contributed by atoms with Crippen molar-refractivity contribution < 1.29 is 29.1 Å². The van der Waals surface area contributed by atoms with Crippen LogP contribution in [0.1, 0.15) is 35.3 Å². The van der Waals surface area contributed by atoms with Crippen LogP contribution >= 0.6 is 11.6 Å². The second kappa shape index (κ2) is 9.74. The van der Waals surface area contributed by atoms with Gasteiger partial charge in [-0.05, 0) is 36.8 Å². The number of hydrogen-bond acceptors (Lipinski definition) is 6. The number of halogens is 1. The Morgan fingerprint density at radius 3 is 2.55 bits per heavy atom. The molecule has 2 rings (SSSR count).